The molecule has 0 atom stereocenters. The minimum Gasteiger partial charge on any atom is -0.496 e. The maximum Gasteiger partial charge on any atom is 0.271 e. The maximum absolute atomic E-state index is 12.4. The van der Waals surface area contributed by atoms with Gasteiger partial charge in [-0.25, -0.2) is 4.98 Å². The lowest BCUT2D eigenvalue weighted by Crippen LogP contribution is -2.39. The number of carbonyl (C=O) groups is 1. The number of hydrogen-bond acceptors (Lipinski definition) is 4. The summed E-state index contributed by atoms with van der Waals surface area (Å²) in [5, 5.41) is 3.05. The van der Waals surface area contributed by atoms with Gasteiger partial charge in [0.1, 0.15) is 11.4 Å². The summed E-state index contributed by atoms with van der Waals surface area (Å²) in [6.45, 7) is 2.44. The van der Waals surface area contributed by atoms with E-state index >= 15 is 0 Å². The molecule has 1 fully saturated rings. The van der Waals surface area contributed by atoms with Crippen LogP contribution < -0.4 is 10.1 Å². The normalized spacial score (nSPS) is 15.9. The van der Waals surface area contributed by atoms with E-state index in [4.69, 9.17) is 4.74 Å². The molecule has 126 valence electrons. The second-order valence-electron chi connectivity index (χ2n) is 6.41. The zero-order valence-corrected chi connectivity index (χ0v) is 14.2. The molecule has 1 N–H and O–H groups in total. The van der Waals surface area contributed by atoms with Crippen LogP contribution in [0.2, 0.25) is 0 Å². The molecule has 0 aliphatic heterocycles. The third-order valence-corrected chi connectivity index (χ3v) is 4.84. The van der Waals surface area contributed by atoms with Gasteiger partial charge in [0.2, 0.25) is 0 Å². The van der Waals surface area contributed by atoms with Gasteiger partial charge in [0.05, 0.1) is 19.0 Å². The summed E-state index contributed by atoms with van der Waals surface area (Å²) >= 11 is 0. The van der Waals surface area contributed by atoms with Gasteiger partial charge < -0.3 is 10.1 Å². The Hall–Kier alpha value is -2.43. The first kappa shape index (κ1) is 16.4. The summed E-state index contributed by atoms with van der Waals surface area (Å²) in [4.78, 5) is 20.7. The van der Waals surface area contributed by atoms with Crippen LogP contribution in [0.15, 0.2) is 36.7 Å². The van der Waals surface area contributed by atoms with Crippen LogP contribution in [-0.2, 0) is 5.41 Å². The van der Waals surface area contributed by atoms with E-state index in [9.17, 15) is 4.79 Å². The fourth-order valence-corrected chi connectivity index (χ4v) is 3.53. The number of carbonyl (C=O) groups excluding carboxylic acids is 1. The SMILES string of the molecule is COc1ccccc1C1(CNC(=O)c2cnc(C)cn2)CCCC1. The number of methoxy groups -OCH3 is 1. The average molecular weight is 325 g/mol. The summed E-state index contributed by atoms with van der Waals surface area (Å²) < 4.78 is 5.55. The molecule has 1 aliphatic rings. The highest BCUT2D eigenvalue weighted by atomic mass is 16.5. The summed E-state index contributed by atoms with van der Waals surface area (Å²) in [5.74, 6) is 0.715. The number of para-hydroxylation sites is 1. The maximum atomic E-state index is 12.4. The minimum absolute atomic E-state index is 0.0691. The molecule has 0 unspecified atom stereocenters. The summed E-state index contributed by atoms with van der Waals surface area (Å²) in [6.07, 6.45) is 7.56. The van der Waals surface area contributed by atoms with E-state index in [0.29, 0.717) is 12.2 Å². The predicted molar refractivity (Wildman–Crippen MR) is 92.2 cm³/mol. The third kappa shape index (κ3) is 3.25. The van der Waals surface area contributed by atoms with Gasteiger partial charge >= 0.3 is 0 Å². The second kappa shape index (κ2) is 6.99. The van der Waals surface area contributed by atoms with Gasteiger partial charge in [-0.3, -0.25) is 9.78 Å². The second-order valence-corrected chi connectivity index (χ2v) is 6.41. The monoisotopic (exact) mass is 325 g/mol. The zero-order chi connectivity index (χ0) is 17.0. The Kier molecular flexibility index (Phi) is 4.79. The van der Waals surface area contributed by atoms with Crippen LogP contribution in [0.25, 0.3) is 0 Å². The Bertz CT molecular complexity index is 707. The Labute approximate surface area is 142 Å². The fourth-order valence-electron chi connectivity index (χ4n) is 3.53. The van der Waals surface area contributed by atoms with Gasteiger partial charge in [0, 0.05) is 23.7 Å². The molecule has 0 radical (unpaired) electrons. The zero-order valence-electron chi connectivity index (χ0n) is 14.2. The van der Waals surface area contributed by atoms with Crippen molar-refractivity contribution in [2.24, 2.45) is 0 Å². The smallest absolute Gasteiger partial charge is 0.271 e. The lowest BCUT2D eigenvalue weighted by Gasteiger charge is -2.31. The number of aryl methyl sites for hydroxylation is 1. The van der Waals surface area contributed by atoms with E-state index in [1.807, 2.05) is 25.1 Å². The van der Waals surface area contributed by atoms with Crippen molar-refractivity contribution >= 4 is 5.91 Å². The van der Waals surface area contributed by atoms with E-state index in [-0.39, 0.29) is 11.3 Å². The van der Waals surface area contributed by atoms with Crippen LogP contribution in [0.3, 0.4) is 0 Å². The molecule has 1 aliphatic carbocycles. The lowest BCUT2D eigenvalue weighted by atomic mass is 9.78. The number of nitrogens with zero attached hydrogens (tertiary/aromatic N) is 2. The van der Waals surface area contributed by atoms with Crippen molar-refractivity contribution < 1.29 is 9.53 Å². The molecule has 1 heterocycles. The molecule has 1 aromatic heterocycles. The molecule has 2 aromatic rings. The minimum atomic E-state index is -0.177. The van der Waals surface area contributed by atoms with Crippen LogP contribution in [0.5, 0.6) is 5.75 Å². The van der Waals surface area contributed by atoms with Crippen LogP contribution in [-0.4, -0.2) is 29.5 Å². The molecule has 1 amide bonds. The molecule has 0 spiro atoms. The van der Waals surface area contributed by atoms with Crippen molar-refractivity contribution in [1.82, 2.24) is 15.3 Å². The Morgan fingerprint density at radius 2 is 1.96 bits per heavy atom. The highest BCUT2D eigenvalue weighted by molar-refractivity contribution is 5.92. The van der Waals surface area contributed by atoms with E-state index < -0.39 is 0 Å². The number of ether oxygens (including phenoxy) is 1. The van der Waals surface area contributed by atoms with Crippen LogP contribution in [0, 0.1) is 6.92 Å². The largest absolute Gasteiger partial charge is 0.496 e. The van der Waals surface area contributed by atoms with Gasteiger partial charge in [0.25, 0.3) is 5.91 Å². The standard InChI is InChI=1S/C19H23N3O2/c1-14-11-21-16(12-20-14)18(23)22-13-19(9-5-6-10-19)15-7-3-4-8-17(15)24-2/h3-4,7-8,11-12H,5-6,9-10,13H2,1-2H3,(H,22,23). The molecular formula is C19H23N3O2. The molecule has 3 rings (SSSR count). The summed E-state index contributed by atoms with van der Waals surface area (Å²) in [7, 11) is 1.70. The van der Waals surface area contributed by atoms with Gasteiger partial charge in [-0.2, -0.15) is 0 Å². The van der Waals surface area contributed by atoms with Crippen LogP contribution in [0.4, 0.5) is 0 Å². The highest BCUT2D eigenvalue weighted by Crippen LogP contribution is 2.44. The van der Waals surface area contributed by atoms with Crippen molar-refractivity contribution in [3.8, 4) is 5.75 Å². The third-order valence-electron chi connectivity index (χ3n) is 4.84. The topological polar surface area (TPSA) is 64.1 Å². The molecule has 5 heteroatoms. The van der Waals surface area contributed by atoms with Crippen molar-refractivity contribution in [3.63, 3.8) is 0 Å². The molecule has 1 aromatic carbocycles. The molecular weight excluding hydrogens is 302 g/mol. The summed E-state index contributed by atoms with van der Waals surface area (Å²) in [5.41, 5.74) is 2.27. The van der Waals surface area contributed by atoms with E-state index in [0.717, 1.165) is 37.1 Å². The first-order chi connectivity index (χ1) is 11.6. The first-order valence-electron chi connectivity index (χ1n) is 8.35. The molecule has 0 saturated heterocycles. The molecule has 24 heavy (non-hydrogen) atoms. The quantitative estimate of drug-likeness (QED) is 0.918. The number of amides is 1. The highest BCUT2D eigenvalue weighted by Gasteiger charge is 2.38. The van der Waals surface area contributed by atoms with Gasteiger partial charge in [-0.05, 0) is 25.8 Å². The number of nitrogens with one attached hydrogen (secondary N) is 1. The number of hydrogen-bond donors (Lipinski definition) is 1. The lowest BCUT2D eigenvalue weighted by molar-refractivity contribution is 0.0937. The first-order valence-corrected chi connectivity index (χ1v) is 8.35. The Balaban J connectivity index is 1.79. The van der Waals surface area contributed by atoms with Crippen molar-refractivity contribution in [3.05, 3.63) is 53.6 Å². The van der Waals surface area contributed by atoms with Gasteiger partial charge in [-0.15, -0.1) is 0 Å². The van der Waals surface area contributed by atoms with Crippen molar-refractivity contribution in [1.29, 1.82) is 0 Å². The molecule has 0 bridgehead atoms. The molecule has 1 saturated carbocycles. The fraction of sp³-hybridized carbons (Fsp3) is 0.421. The predicted octanol–water partition coefficient (Wildman–Crippen LogP) is 3.04. The van der Waals surface area contributed by atoms with Crippen LogP contribution >= 0.6 is 0 Å². The van der Waals surface area contributed by atoms with Gasteiger partial charge in [0.15, 0.2) is 0 Å². The molecule has 5 nitrogen and oxygen atoms in total. The number of aromatic nitrogens is 2. The van der Waals surface area contributed by atoms with E-state index in [2.05, 4.69) is 21.4 Å². The van der Waals surface area contributed by atoms with E-state index in [1.165, 1.54) is 11.8 Å². The summed E-state index contributed by atoms with van der Waals surface area (Å²) in [6, 6.07) is 8.11. The van der Waals surface area contributed by atoms with Crippen molar-refractivity contribution in [2.45, 2.75) is 38.0 Å². The van der Waals surface area contributed by atoms with Gasteiger partial charge in [-0.1, -0.05) is 31.0 Å². The van der Waals surface area contributed by atoms with Crippen LogP contribution in [0.1, 0.15) is 47.4 Å². The Morgan fingerprint density at radius 1 is 1.21 bits per heavy atom. The number of rotatable bonds is 5. The van der Waals surface area contributed by atoms with E-state index in [1.54, 1.807) is 13.3 Å². The average Bonchev–Trinajstić information content (AvgIpc) is 3.10. The Morgan fingerprint density at radius 3 is 2.62 bits per heavy atom. The number of benzene rings is 1. The van der Waals surface area contributed by atoms with Crippen molar-refractivity contribution in [2.75, 3.05) is 13.7 Å².